The van der Waals surface area contributed by atoms with Crippen LogP contribution in [0.3, 0.4) is 0 Å². The van der Waals surface area contributed by atoms with Crippen molar-refractivity contribution in [3.05, 3.63) is 23.5 Å². The van der Waals surface area contributed by atoms with Crippen LogP contribution in [0.1, 0.15) is 13.3 Å². The Hall–Kier alpha value is -1.29. The summed E-state index contributed by atoms with van der Waals surface area (Å²) in [6.07, 6.45) is 4.24. The van der Waals surface area contributed by atoms with Crippen LogP contribution in [0.25, 0.3) is 0 Å². The number of carbonyl (C=O) groups excluding carboxylic acids is 1. The van der Waals surface area contributed by atoms with Crippen molar-refractivity contribution in [2.75, 3.05) is 13.2 Å². The molecular formula is C9H14N2O2. The molecule has 1 rings (SSSR count). The molecule has 3 N–H and O–H groups in total. The van der Waals surface area contributed by atoms with Gasteiger partial charge in [-0.1, -0.05) is 6.08 Å². The number of rotatable bonds is 3. The summed E-state index contributed by atoms with van der Waals surface area (Å²) in [7, 11) is 0. The van der Waals surface area contributed by atoms with Gasteiger partial charge in [0, 0.05) is 18.7 Å². The fourth-order valence-electron chi connectivity index (χ4n) is 1.15. The lowest BCUT2D eigenvalue weighted by molar-refractivity contribution is -0.138. The van der Waals surface area contributed by atoms with Gasteiger partial charge in [-0.15, -0.1) is 0 Å². The molecule has 0 fully saturated rings. The fraction of sp³-hybridized carbons (Fsp3) is 0.444. The summed E-state index contributed by atoms with van der Waals surface area (Å²) in [4.78, 5) is 11.4. The van der Waals surface area contributed by atoms with Crippen LogP contribution in [0.15, 0.2) is 23.5 Å². The maximum absolute atomic E-state index is 11.4. The highest BCUT2D eigenvalue weighted by molar-refractivity contribution is 5.90. The maximum atomic E-state index is 11.4. The standard InChI is InChI=1S/C9H14N2O2/c1-2-13-9(12)7-4-3-5-11-8(7)6-10/h3,5,11H,2,4,6,10H2,1H3. The molecule has 0 unspecified atom stereocenters. The SMILES string of the molecule is CCOC(=O)C1=C(CN)NC=CC1. The van der Waals surface area contributed by atoms with Gasteiger partial charge in [0.15, 0.2) is 0 Å². The molecule has 0 aromatic rings. The van der Waals surface area contributed by atoms with Gasteiger partial charge < -0.3 is 15.8 Å². The quantitative estimate of drug-likeness (QED) is 0.615. The third-order valence-electron chi connectivity index (χ3n) is 1.79. The molecule has 0 aliphatic carbocycles. The monoisotopic (exact) mass is 182 g/mol. The van der Waals surface area contributed by atoms with Crippen molar-refractivity contribution < 1.29 is 9.53 Å². The third-order valence-corrected chi connectivity index (χ3v) is 1.79. The van der Waals surface area contributed by atoms with Crippen molar-refractivity contribution in [1.82, 2.24) is 5.32 Å². The van der Waals surface area contributed by atoms with Gasteiger partial charge in [0.05, 0.1) is 12.2 Å². The zero-order valence-corrected chi connectivity index (χ0v) is 7.67. The first kappa shape index (κ1) is 9.80. The molecule has 0 radical (unpaired) electrons. The summed E-state index contributed by atoms with van der Waals surface area (Å²) in [5.74, 6) is -0.278. The first-order valence-electron chi connectivity index (χ1n) is 4.30. The molecule has 72 valence electrons. The molecule has 0 bridgehead atoms. The second kappa shape index (κ2) is 4.67. The molecule has 0 saturated heterocycles. The van der Waals surface area contributed by atoms with E-state index in [9.17, 15) is 4.79 Å². The molecular weight excluding hydrogens is 168 g/mol. The number of esters is 1. The summed E-state index contributed by atoms with van der Waals surface area (Å²) in [5.41, 5.74) is 6.85. The number of dihydropyridines is 1. The van der Waals surface area contributed by atoms with Crippen molar-refractivity contribution in [2.24, 2.45) is 5.73 Å². The molecule has 13 heavy (non-hydrogen) atoms. The average molecular weight is 182 g/mol. The number of nitrogens with one attached hydrogen (secondary N) is 1. The van der Waals surface area contributed by atoms with E-state index in [-0.39, 0.29) is 5.97 Å². The molecule has 1 aliphatic heterocycles. The Kier molecular flexibility index (Phi) is 3.52. The van der Waals surface area contributed by atoms with Gasteiger partial charge in [0.1, 0.15) is 0 Å². The van der Waals surface area contributed by atoms with Crippen LogP contribution < -0.4 is 11.1 Å². The van der Waals surface area contributed by atoms with Crippen molar-refractivity contribution >= 4 is 5.97 Å². The Balaban J connectivity index is 2.73. The van der Waals surface area contributed by atoms with Gasteiger partial charge >= 0.3 is 5.97 Å². The van der Waals surface area contributed by atoms with Crippen LogP contribution in [-0.4, -0.2) is 19.1 Å². The van der Waals surface area contributed by atoms with E-state index in [1.54, 1.807) is 13.1 Å². The first-order chi connectivity index (χ1) is 6.29. The zero-order chi connectivity index (χ0) is 9.68. The van der Waals surface area contributed by atoms with Crippen molar-refractivity contribution in [2.45, 2.75) is 13.3 Å². The van der Waals surface area contributed by atoms with Gasteiger partial charge in [0.25, 0.3) is 0 Å². The van der Waals surface area contributed by atoms with Crippen molar-refractivity contribution in [3.63, 3.8) is 0 Å². The van der Waals surface area contributed by atoms with Crippen LogP contribution in [0.2, 0.25) is 0 Å². The second-order valence-corrected chi connectivity index (χ2v) is 2.63. The Morgan fingerprint density at radius 1 is 1.77 bits per heavy atom. The molecule has 0 aromatic carbocycles. The minimum atomic E-state index is -0.278. The predicted octanol–water partition coefficient (Wildman–Crippen LogP) is 0.269. The largest absolute Gasteiger partial charge is 0.463 e. The molecule has 0 atom stereocenters. The average Bonchev–Trinajstić information content (AvgIpc) is 2.18. The smallest absolute Gasteiger partial charge is 0.336 e. The van der Waals surface area contributed by atoms with Gasteiger partial charge in [-0.2, -0.15) is 0 Å². The Bertz CT molecular complexity index is 256. The van der Waals surface area contributed by atoms with Crippen LogP contribution in [0.4, 0.5) is 0 Å². The fourth-order valence-corrected chi connectivity index (χ4v) is 1.15. The number of carbonyl (C=O) groups is 1. The second-order valence-electron chi connectivity index (χ2n) is 2.63. The highest BCUT2D eigenvalue weighted by atomic mass is 16.5. The maximum Gasteiger partial charge on any atom is 0.336 e. The van der Waals surface area contributed by atoms with Crippen molar-refractivity contribution in [1.29, 1.82) is 0 Å². The van der Waals surface area contributed by atoms with Crippen LogP contribution >= 0.6 is 0 Å². The number of allylic oxidation sites excluding steroid dienone is 1. The lowest BCUT2D eigenvalue weighted by Crippen LogP contribution is -2.24. The summed E-state index contributed by atoms with van der Waals surface area (Å²) < 4.78 is 4.89. The van der Waals surface area contributed by atoms with Gasteiger partial charge in [0.2, 0.25) is 0 Å². The number of ether oxygens (including phenoxy) is 1. The van der Waals surface area contributed by atoms with Crippen molar-refractivity contribution in [3.8, 4) is 0 Å². The number of nitrogens with two attached hydrogens (primary N) is 1. The van der Waals surface area contributed by atoms with E-state index in [1.165, 1.54) is 0 Å². The van der Waals surface area contributed by atoms with E-state index in [1.807, 2.05) is 6.08 Å². The third kappa shape index (κ3) is 2.32. The highest BCUT2D eigenvalue weighted by Gasteiger charge is 2.16. The van der Waals surface area contributed by atoms with E-state index in [2.05, 4.69) is 5.32 Å². The zero-order valence-electron chi connectivity index (χ0n) is 7.67. The predicted molar refractivity (Wildman–Crippen MR) is 49.6 cm³/mol. The molecule has 1 aliphatic rings. The summed E-state index contributed by atoms with van der Waals surface area (Å²) in [6, 6.07) is 0. The van der Waals surface area contributed by atoms with Gasteiger partial charge in [-0.05, 0) is 13.1 Å². The molecule has 0 amide bonds. The number of hydrogen-bond acceptors (Lipinski definition) is 4. The molecule has 0 saturated carbocycles. The number of hydrogen-bond donors (Lipinski definition) is 2. The highest BCUT2D eigenvalue weighted by Crippen LogP contribution is 2.13. The van der Waals surface area contributed by atoms with E-state index < -0.39 is 0 Å². The molecule has 1 heterocycles. The summed E-state index contributed by atoms with van der Waals surface area (Å²) >= 11 is 0. The Morgan fingerprint density at radius 2 is 2.54 bits per heavy atom. The Morgan fingerprint density at radius 3 is 3.15 bits per heavy atom. The van der Waals surface area contributed by atoms with E-state index in [0.29, 0.717) is 25.1 Å². The van der Waals surface area contributed by atoms with Gasteiger partial charge in [-0.3, -0.25) is 0 Å². The van der Waals surface area contributed by atoms with E-state index >= 15 is 0 Å². The first-order valence-corrected chi connectivity index (χ1v) is 4.30. The summed E-state index contributed by atoms with van der Waals surface area (Å²) in [6.45, 7) is 2.51. The summed E-state index contributed by atoms with van der Waals surface area (Å²) in [5, 5.41) is 2.93. The minimum Gasteiger partial charge on any atom is -0.463 e. The molecule has 4 nitrogen and oxygen atoms in total. The van der Waals surface area contributed by atoms with E-state index in [4.69, 9.17) is 10.5 Å². The van der Waals surface area contributed by atoms with Crippen LogP contribution in [0.5, 0.6) is 0 Å². The minimum absolute atomic E-state index is 0.278. The topological polar surface area (TPSA) is 64.3 Å². The molecule has 0 aromatic heterocycles. The lowest BCUT2D eigenvalue weighted by atomic mass is 10.1. The lowest BCUT2D eigenvalue weighted by Gasteiger charge is -2.15. The van der Waals surface area contributed by atoms with Crippen LogP contribution in [0, 0.1) is 0 Å². The van der Waals surface area contributed by atoms with Crippen LogP contribution in [-0.2, 0) is 9.53 Å². The normalized spacial score (nSPS) is 15.5. The van der Waals surface area contributed by atoms with Gasteiger partial charge in [-0.25, -0.2) is 4.79 Å². The van der Waals surface area contributed by atoms with E-state index in [0.717, 1.165) is 5.70 Å². The molecule has 4 heteroatoms. The molecule has 0 spiro atoms. The Labute approximate surface area is 77.4 Å².